The van der Waals surface area contributed by atoms with E-state index in [-0.39, 0.29) is 23.6 Å². The zero-order valence-electron chi connectivity index (χ0n) is 15.6. The van der Waals surface area contributed by atoms with Crippen LogP contribution in [0.2, 0.25) is 0 Å². The van der Waals surface area contributed by atoms with Crippen LogP contribution in [0.5, 0.6) is 0 Å². The van der Waals surface area contributed by atoms with Crippen molar-refractivity contribution >= 4 is 21.6 Å². The molecular formula is C19H23FN4OS. The zero-order chi connectivity index (χ0) is 19.1. The smallest absolute Gasteiger partial charge is 0.247 e. The van der Waals surface area contributed by atoms with Gasteiger partial charge in [0, 0.05) is 11.9 Å². The maximum atomic E-state index is 14.0. The standard InChI is InChI=1S/C19H23FN4OS/c1-11(2)15-8-14(20)9-16(12(3)4)18(15)22-19-23-26(25,24-19)17-7-6-13(5)10-21-17/h6-12H,1-5H3,(H,22,23,24,25). The van der Waals surface area contributed by atoms with Gasteiger partial charge in [-0.25, -0.2) is 13.6 Å². The second-order valence-corrected chi connectivity index (χ2v) is 8.85. The molecule has 2 aromatic rings. The first-order valence-corrected chi connectivity index (χ1v) is 10.1. The normalized spacial score (nSPS) is 19.2. The van der Waals surface area contributed by atoms with Crippen LogP contribution in [0.4, 0.5) is 10.1 Å². The van der Waals surface area contributed by atoms with E-state index in [4.69, 9.17) is 0 Å². The molecular weight excluding hydrogens is 351 g/mol. The molecule has 0 aliphatic carbocycles. The van der Waals surface area contributed by atoms with Crippen molar-refractivity contribution in [2.24, 2.45) is 8.76 Å². The van der Waals surface area contributed by atoms with Gasteiger partial charge >= 0.3 is 0 Å². The molecule has 0 spiro atoms. The van der Waals surface area contributed by atoms with Crippen molar-refractivity contribution in [2.45, 2.75) is 51.5 Å². The van der Waals surface area contributed by atoms with Crippen molar-refractivity contribution in [3.63, 3.8) is 0 Å². The number of aromatic nitrogens is 1. The Morgan fingerprint density at radius 1 is 1.08 bits per heavy atom. The van der Waals surface area contributed by atoms with Crippen LogP contribution in [0.25, 0.3) is 0 Å². The molecule has 7 heteroatoms. The monoisotopic (exact) mass is 374 g/mol. The van der Waals surface area contributed by atoms with E-state index in [9.17, 15) is 8.60 Å². The maximum Gasteiger partial charge on any atom is 0.247 e. The van der Waals surface area contributed by atoms with Crippen LogP contribution in [0.3, 0.4) is 0 Å². The summed E-state index contributed by atoms with van der Waals surface area (Å²) in [5.74, 6) is 0.264. The number of hydrogen-bond acceptors (Lipinski definition) is 4. The van der Waals surface area contributed by atoms with E-state index in [1.165, 1.54) is 12.1 Å². The SMILES string of the molecule is Cc1ccc(S2(=O)=NC(Nc3c(C(C)C)cc(F)cc3C(C)C)=N2)nc1. The molecule has 2 heterocycles. The number of nitrogens with zero attached hydrogens (tertiary/aromatic N) is 3. The van der Waals surface area contributed by atoms with Crippen LogP contribution in [-0.2, 0) is 9.92 Å². The molecule has 0 radical (unpaired) electrons. The molecule has 0 bridgehead atoms. The molecule has 1 aromatic heterocycles. The van der Waals surface area contributed by atoms with Gasteiger partial charge in [0.25, 0.3) is 0 Å². The van der Waals surface area contributed by atoms with Crippen molar-refractivity contribution in [2.75, 3.05) is 5.32 Å². The number of guanidine groups is 1. The average molecular weight is 374 g/mol. The molecule has 0 saturated carbocycles. The van der Waals surface area contributed by atoms with Crippen molar-refractivity contribution in [3.8, 4) is 0 Å². The van der Waals surface area contributed by atoms with Crippen LogP contribution >= 0.6 is 0 Å². The number of anilines is 1. The zero-order valence-corrected chi connectivity index (χ0v) is 16.4. The van der Waals surface area contributed by atoms with Crippen LogP contribution in [-0.4, -0.2) is 15.2 Å². The van der Waals surface area contributed by atoms with E-state index >= 15 is 0 Å². The first-order valence-electron chi connectivity index (χ1n) is 8.59. The third-order valence-electron chi connectivity index (χ3n) is 4.22. The van der Waals surface area contributed by atoms with Crippen molar-refractivity contribution in [3.05, 3.63) is 53.0 Å². The fourth-order valence-electron chi connectivity index (χ4n) is 2.81. The third kappa shape index (κ3) is 3.49. The summed E-state index contributed by atoms with van der Waals surface area (Å²) in [7, 11) is -2.86. The lowest BCUT2D eigenvalue weighted by molar-refractivity contribution is 0.619. The van der Waals surface area contributed by atoms with E-state index in [1.807, 2.05) is 40.7 Å². The summed E-state index contributed by atoms with van der Waals surface area (Å²) in [6.45, 7) is 9.92. The summed E-state index contributed by atoms with van der Waals surface area (Å²) in [6, 6.07) is 6.56. The Balaban J connectivity index is 1.94. The minimum Gasteiger partial charge on any atom is -0.323 e. The molecule has 26 heavy (non-hydrogen) atoms. The summed E-state index contributed by atoms with van der Waals surface area (Å²) < 4.78 is 35.1. The highest BCUT2D eigenvalue weighted by atomic mass is 32.2. The van der Waals surface area contributed by atoms with Gasteiger partial charge in [-0.1, -0.05) is 33.8 Å². The topological polar surface area (TPSA) is 66.7 Å². The van der Waals surface area contributed by atoms with Gasteiger partial charge in [0.1, 0.15) is 5.82 Å². The van der Waals surface area contributed by atoms with Gasteiger partial charge in [0.15, 0.2) is 5.03 Å². The number of aryl methyl sites for hydroxylation is 1. The summed E-state index contributed by atoms with van der Waals surface area (Å²) in [4.78, 5) is 4.16. The van der Waals surface area contributed by atoms with Crippen LogP contribution in [0.15, 0.2) is 44.2 Å². The molecule has 1 N–H and O–H groups in total. The van der Waals surface area contributed by atoms with Crippen molar-refractivity contribution < 1.29 is 8.60 Å². The first-order chi connectivity index (χ1) is 12.2. The molecule has 5 nitrogen and oxygen atoms in total. The minimum absolute atomic E-state index is 0.120. The Labute approximate surface area is 154 Å². The number of pyridine rings is 1. The van der Waals surface area contributed by atoms with E-state index in [2.05, 4.69) is 19.1 Å². The number of benzene rings is 1. The average Bonchev–Trinajstić information content (AvgIpc) is 2.54. The minimum atomic E-state index is -2.86. The summed E-state index contributed by atoms with van der Waals surface area (Å²) >= 11 is 0. The molecule has 0 saturated heterocycles. The molecule has 3 rings (SSSR count). The van der Waals surface area contributed by atoms with Gasteiger partial charge in [0.05, 0.1) is 0 Å². The van der Waals surface area contributed by atoms with E-state index in [0.29, 0.717) is 5.03 Å². The second kappa shape index (κ2) is 6.79. The largest absolute Gasteiger partial charge is 0.323 e. The van der Waals surface area contributed by atoms with Gasteiger partial charge in [-0.05, 0) is 53.6 Å². The maximum absolute atomic E-state index is 14.0. The predicted octanol–water partition coefficient (Wildman–Crippen LogP) is 5.00. The van der Waals surface area contributed by atoms with Gasteiger partial charge in [0.2, 0.25) is 15.9 Å². The Morgan fingerprint density at radius 2 is 1.65 bits per heavy atom. The van der Waals surface area contributed by atoms with Gasteiger partial charge < -0.3 is 5.32 Å². The quantitative estimate of drug-likeness (QED) is 0.819. The van der Waals surface area contributed by atoms with Crippen molar-refractivity contribution in [1.82, 2.24) is 4.98 Å². The Hall–Kier alpha value is -2.28. The fourth-order valence-corrected chi connectivity index (χ4v) is 4.00. The lowest BCUT2D eigenvalue weighted by atomic mass is 9.92. The lowest BCUT2D eigenvalue weighted by Crippen LogP contribution is -2.24. The van der Waals surface area contributed by atoms with Crippen LogP contribution < -0.4 is 5.32 Å². The van der Waals surface area contributed by atoms with Gasteiger partial charge in [-0.2, -0.15) is 0 Å². The summed E-state index contributed by atoms with van der Waals surface area (Å²) in [5, 5.41) is 3.50. The molecule has 0 fully saturated rings. The second-order valence-electron chi connectivity index (χ2n) is 7.07. The number of nitrogens with one attached hydrogen (secondary N) is 1. The molecule has 1 aromatic carbocycles. The molecule has 0 amide bonds. The Kier molecular flexibility index (Phi) is 4.84. The Morgan fingerprint density at radius 3 is 2.12 bits per heavy atom. The Bertz CT molecular complexity index is 958. The highest BCUT2D eigenvalue weighted by Gasteiger charge is 2.26. The summed E-state index contributed by atoms with van der Waals surface area (Å²) in [5.41, 5.74) is 3.46. The highest BCUT2D eigenvalue weighted by molar-refractivity contribution is 7.94. The highest BCUT2D eigenvalue weighted by Crippen LogP contribution is 2.34. The molecule has 1 aliphatic heterocycles. The van der Waals surface area contributed by atoms with Gasteiger partial charge in [-0.15, -0.1) is 8.76 Å². The number of rotatable bonds is 4. The molecule has 1 aliphatic rings. The fraction of sp³-hybridized carbons (Fsp3) is 0.368. The van der Waals surface area contributed by atoms with Crippen LogP contribution in [0, 0.1) is 12.7 Å². The summed E-state index contributed by atoms with van der Waals surface area (Å²) in [6.07, 6.45) is 1.64. The molecule has 1 atom stereocenters. The number of halogens is 1. The van der Waals surface area contributed by atoms with E-state index in [0.717, 1.165) is 22.4 Å². The number of hydrogen-bond donors (Lipinski definition) is 1. The molecule has 1 unspecified atom stereocenters. The molecule has 138 valence electrons. The lowest BCUT2D eigenvalue weighted by Gasteiger charge is -2.23. The van der Waals surface area contributed by atoms with E-state index < -0.39 is 9.92 Å². The van der Waals surface area contributed by atoms with Gasteiger partial charge in [-0.3, -0.25) is 0 Å². The van der Waals surface area contributed by atoms with E-state index in [1.54, 1.807) is 12.3 Å². The van der Waals surface area contributed by atoms with Crippen LogP contribution in [0.1, 0.15) is 56.2 Å². The first kappa shape index (κ1) is 18.5. The van der Waals surface area contributed by atoms with Crippen molar-refractivity contribution in [1.29, 1.82) is 0 Å². The third-order valence-corrected chi connectivity index (χ3v) is 5.85. The predicted molar refractivity (Wildman–Crippen MR) is 103 cm³/mol.